The average Bonchev–Trinajstić information content (AvgIpc) is 2.59. The minimum absolute atomic E-state index is 0.688. The van der Waals surface area contributed by atoms with Gasteiger partial charge in [-0.3, -0.25) is 0 Å². The van der Waals surface area contributed by atoms with Crippen LogP contribution in [0.5, 0.6) is 0 Å². The van der Waals surface area contributed by atoms with Crippen molar-refractivity contribution in [3.05, 3.63) is 41.5 Å². The number of hydrogen-bond acceptors (Lipinski definition) is 0. The molecule has 0 heterocycles. The summed E-state index contributed by atoms with van der Waals surface area (Å²) in [5, 5.41) is 0. The van der Waals surface area contributed by atoms with Crippen molar-refractivity contribution in [2.24, 2.45) is 0 Å². The minimum Gasteiger partial charge on any atom is -0.0732 e. The summed E-state index contributed by atoms with van der Waals surface area (Å²) in [5.74, 6) is 0.688. The standard InChI is InChI=1S/C15H20/c1-3-7-12-11-13(8-4-2)15-10-6-5-9-14(12)15/h5-6,9-12H,3-4,7-8H2,1-2H3. The maximum atomic E-state index is 2.50. The van der Waals surface area contributed by atoms with Crippen molar-refractivity contribution in [3.63, 3.8) is 0 Å². The van der Waals surface area contributed by atoms with E-state index in [-0.39, 0.29) is 0 Å². The Labute approximate surface area is 93.0 Å². The lowest BCUT2D eigenvalue weighted by molar-refractivity contribution is 0.725. The van der Waals surface area contributed by atoms with Crippen LogP contribution in [0.15, 0.2) is 30.3 Å². The second kappa shape index (κ2) is 4.65. The molecule has 1 unspecified atom stereocenters. The van der Waals surface area contributed by atoms with E-state index in [0.29, 0.717) is 5.92 Å². The van der Waals surface area contributed by atoms with Crippen LogP contribution in [0.3, 0.4) is 0 Å². The Kier molecular flexibility index (Phi) is 3.25. The van der Waals surface area contributed by atoms with E-state index in [1.807, 2.05) is 0 Å². The Balaban J connectivity index is 2.31. The lowest BCUT2D eigenvalue weighted by atomic mass is 9.96. The van der Waals surface area contributed by atoms with E-state index in [0.717, 1.165) is 0 Å². The highest BCUT2D eigenvalue weighted by Gasteiger charge is 2.20. The lowest BCUT2D eigenvalue weighted by Gasteiger charge is -2.08. The molecule has 0 saturated carbocycles. The number of hydrogen-bond donors (Lipinski definition) is 0. The van der Waals surface area contributed by atoms with Crippen LogP contribution in [0, 0.1) is 0 Å². The molecule has 0 saturated heterocycles. The summed E-state index contributed by atoms with van der Waals surface area (Å²) in [4.78, 5) is 0. The number of rotatable bonds is 4. The van der Waals surface area contributed by atoms with Gasteiger partial charge in [0, 0.05) is 5.92 Å². The monoisotopic (exact) mass is 200 g/mol. The predicted molar refractivity (Wildman–Crippen MR) is 67.0 cm³/mol. The van der Waals surface area contributed by atoms with Gasteiger partial charge in [-0.2, -0.15) is 0 Å². The van der Waals surface area contributed by atoms with Gasteiger partial charge in [0.2, 0.25) is 0 Å². The molecule has 0 radical (unpaired) electrons. The highest BCUT2D eigenvalue weighted by atomic mass is 14.2. The Morgan fingerprint density at radius 3 is 2.60 bits per heavy atom. The van der Waals surface area contributed by atoms with Gasteiger partial charge >= 0.3 is 0 Å². The predicted octanol–water partition coefficient (Wildman–Crippen LogP) is 4.77. The average molecular weight is 200 g/mol. The molecule has 15 heavy (non-hydrogen) atoms. The maximum Gasteiger partial charge on any atom is 0.00299 e. The van der Waals surface area contributed by atoms with E-state index < -0.39 is 0 Å². The highest BCUT2D eigenvalue weighted by Crippen LogP contribution is 2.39. The third-order valence-electron chi connectivity index (χ3n) is 3.23. The van der Waals surface area contributed by atoms with Gasteiger partial charge in [0.25, 0.3) is 0 Å². The number of fused-ring (bicyclic) bond motifs is 1. The quantitative estimate of drug-likeness (QED) is 0.657. The normalized spacial score (nSPS) is 18.8. The van der Waals surface area contributed by atoms with Gasteiger partial charge in [0.05, 0.1) is 0 Å². The molecule has 0 aliphatic heterocycles. The fourth-order valence-electron chi connectivity index (χ4n) is 2.57. The van der Waals surface area contributed by atoms with Gasteiger partial charge in [0.15, 0.2) is 0 Å². The fraction of sp³-hybridized carbons (Fsp3) is 0.467. The topological polar surface area (TPSA) is 0 Å². The smallest absolute Gasteiger partial charge is 0.00299 e. The Morgan fingerprint density at radius 2 is 1.87 bits per heavy atom. The third-order valence-corrected chi connectivity index (χ3v) is 3.23. The molecular weight excluding hydrogens is 180 g/mol. The van der Waals surface area contributed by atoms with Crippen LogP contribution in [0.4, 0.5) is 0 Å². The second-order valence-corrected chi connectivity index (χ2v) is 4.42. The molecule has 2 rings (SSSR count). The van der Waals surface area contributed by atoms with Crippen LogP contribution < -0.4 is 0 Å². The first-order chi connectivity index (χ1) is 7.36. The van der Waals surface area contributed by atoms with Crippen LogP contribution in [0.25, 0.3) is 5.57 Å². The van der Waals surface area contributed by atoms with Crippen molar-refractivity contribution in [1.82, 2.24) is 0 Å². The van der Waals surface area contributed by atoms with Crippen molar-refractivity contribution < 1.29 is 0 Å². The highest BCUT2D eigenvalue weighted by molar-refractivity contribution is 5.74. The molecule has 0 heteroatoms. The summed E-state index contributed by atoms with van der Waals surface area (Å²) < 4.78 is 0. The van der Waals surface area contributed by atoms with Gasteiger partial charge < -0.3 is 0 Å². The molecular formula is C15H20. The molecule has 0 fully saturated rings. The van der Waals surface area contributed by atoms with E-state index in [2.05, 4.69) is 44.2 Å². The van der Waals surface area contributed by atoms with Crippen molar-refractivity contribution in [2.75, 3.05) is 0 Å². The molecule has 1 aromatic rings. The molecule has 0 bridgehead atoms. The molecule has 1 aromatic carbocycles. The number of allylic oxidation sites excluding steroid dienone is 2. The summed E-state index contributed by atoms with van der Waals surface area (Å²) >= 11 is 0. The Morgan fingerprint density at radius 1 is 1.07 bits per heavy atom. The van der Waals surface area contributed by atoms with Gasteiger partial charge in [-0.05, 0) is 29.5 Å². The molecule has 1 aliphatic rings. The minimum atomic E-state index is 0.688. The van der Waals surface area contributed by atoms with Crippen LogP contribution >= 0.6 is 0 Å². The van der Waals surface area contributed by atoms with Crippen molar-refractivity contribution in [3.8, 4) is 0 Å². The molecule has 80 valence electrons. The number of benzene rings is 1. The van der Waals surface area contributed by atoms with E-state index in [9.17, 15) is 0 Å². The third kappa shape index (κ3) is 1.99. The zero-order chi connectivity index (χ0) is 10.7. The Bertz CT molecular complexity index is 360. The zero-order valence-electron chi connectivity index (χ0n) is 9.79. The van der Waals surface area contributed by atoms with Crippen molar-refractivity contribution in [1.29, 1.82) is 0 Å². The van der Waals surface area contributed by atoms with E-state index in [4.69, 9.17) is 0 Å². The fourth-order valence-corrected chi connectivity index (χ4v) is 2.57. The maximum absolute atomic E-state index is 2.50. The lowest BCUT2D eigenvalue weighted by Crippen LogP contribution is -1.91. The molecule has 0 aromatic heterocycles. The van der Waals surface area contributed by atoms with Crippen molar-refractivity contribution >= 4 is 5.57 Å². The van der Waals surface area contributed by atoms with E-state index in [1.165, 1.54) is 31.2 Å². The van der Waals surface area contributed by atoms with Crippen LogP contribution in [0.2, 0.25) is 0 Å². The Hall–Kier alpha value is -1.04. The van der Waals surface area contributed by atoms with E-state index >= 15 is 0 Å². The molecule has 0 nitrogen and oxygen atoms in total. The summed E-state index contributed by atoms with van der Waals surface area (Å²) in [7, 11) is 0. The van der Waals surface area contributed by atoms with E-state index in [1.54, 1.807) is 11.1 Å². The zero-order valence-corrected chi connectivity index (χ0v) is 9.79. The first-order valence-electron chi connectivity index (χ1n) is 6.16. The second-order valence-electron chi connectivity index (χ2n) is 4.42. The summed E-state index contributed by atoms with van der Waals surface area (Å²) in [6.45, 7) is 4.53. The largest absolute Gasteiger partial charge is 0.0732 e. The summed E-state index contributed by atoms with van der Waals surface area (Å²) in [6.07, 6.45) is 7.55. The van der Waals surface area contributed by atoms with Crippen LogP contribution in [-0.4, -0.2) is 0 Å². The van der Waals surface area contributed by atoms with Crippen molar-refractivity contribution in [2.45, 2.75) is 45.4 Å². The van der Waals surface area contributed by atoms with Gasteiger partial charge in [-0.25, -0.2) is 0 Å². The van der Waals surface area contributed by atoms with Crippen LogP contribution in [0.1, 0.15) is 56.6 Å². The molecule has 1 aliphatic carbocycles. The molecule has 0 N–H and O–H groups in total. The first-order valence-corrected chi connectivity index (χ1v) is 6.16. The summed E-state index contributed by atoms with van der Waals surface area (Å²) in [5.41, 5.74) is 4.65. The SMILES string of the molecule is CCCC1=CC(CCC)c2ccccc21. The first kappa shape index (κ1) is 10.5. The molecule has 0 amide bonds. The molecule has 0 spiro atoms. The van der Waals surface area contributed by atoms with Gasteiger partial charge in [-0.1, -0.05) is 57.0 Å². The summed E-state index contributed by atoms with van der Waals surface area (Å²) in [6, 6.07) is 8.92. The van der Waals surface area contributed by atoms with Gasteiger partial charge in [-0.15, -0.1) is 0 Å². The van der Waals surface area contributed by atoms with Crippen LogP contribution in [-0.2, 0) is 0 Å². The van der Waals surface area contributed by atoms with Gasteiger partial charge in [0.1, 0.15) is 0 Å². The molecule has 1 atom stereocenters.